The molecule has 2 aromatic carbocycles. The molecule has 3 heterocycles. The Kier molecular flexibility index (Phi) is 5.74. The van der Waals surface area contributed by atoms with Crippen LogP contribution in [0.3, 0.4) is 0 Å². The summed E-state index contributed by atoms with van der Waals surface area (Å²) in [6.07, 6.45) is 4.48. The Morgan fingerprint density at radius 1 is 1.00 bits per heavy atom. The maximum atomic E-state index is 14.4. The van der Waals surface area contributed by atoms with Crippen LogP contribution in [0.2, 0.25) is 0 Å². The van der Waals surface area contributed by atoms with E-state index in [9.17, 15) is 4.39 Å². The molecule has 6 heteroatoms. The van der Waals surface area contributed by atoms with Crippen molar-refractivity contribution in [1.82, 2.24) is 19.5 Å². The summed E-state index contributed by atoms with van der Waals surface area (Å²) in [5.41, 5.74) is 4.62. The molecule has 1 saturated heterocycles. The van der Waals surface area contributed by atoms with E-state index in [0.29, 0.717) is 18.1 Å². The molecule has 5 nitrogen and oxygen atoms in total. The van der Waals surface area contributed by atoms with Gasteiger partial charge >= 0.3 is 0 Å². The van der Waals surface area contributed by atoms with Gasteiger partial charge in [0.15, 0.2) is 5.65 Å². The van der Waals surface area contributed by atoms with Gasteiger partial charge in [0.25, 0.3) is 0 Å². The Morgan fingerprint density at radius 2 is 1.84 bits per heavy atom. The SMILES string of the molecule is Fc1ccccc1-c1ccccc1CN1CCOC[C@@H](Cc2ccc3nccn3n2)C1. The zero-order chi connectivity index (χ0) is 21.0. The van der Waals surface area contributed by atoms with Crippen molar-refractivity contribution in [2.45, 2.75) is 13.0 Å². The third-order valence-corrected chi connectivity index (χ3v) is 5.81. The summed E-state index contributed by atoms with van der Waals surface area (Å²) in [4.78, 5) is 6.67. The number of hydrogen-bond acceptors (Lipinski definition) is 4. The summed E-state index contributed by atoms with van der Waals surface area (Å²) >= 11 is 0. The number of halogens is 1. The maximum absolute atomic E-state index is 14.4. The second kappa shape index (κ2) is 8.96. The Labute approximate surface area is 181 Å². The topological polar surface area (TPSA) is 42.7 Å². The van der Waals surface area contributed by atoms with Crippen molar-refractivity contribution < 1.29 is 9.13 Å². The van der Waals surface area contributed by atoms with Crippen molar-refractivity contribution >= 4 is 5.65 Å². The molecule has 2 aromatic heterocycles. The second-order valence-electron chi connectivity index (χ2n) is 8.07. The summed E-state index contributed by atoms with van der Waals surface area (Å²) < 4.78 is 22.2. The van der Waals surface area contributed by atoms with Gasteiger partial charge in [-0.05, 0) is 35.7 Å². The van der Waals surface area contributed by atoms with Crippen molar-refractivity contribution in [2.24, 2.45) is 5.92 Å². The minimum atomic E-state index is -0.187. The van der Waals surface area contributed by atoms with Gasteiger partial charge in [-0.2, -0.15) is 5.10 Å². The van der Waals surface area contributed by atoms with E-state index in [4.69, 9.17) is 4.74 Å². The number of imidazole rings is 1. The van der Waals surface area contributed by atoms with Gasteiger partial charge in [-0.3, -0.25) is 4.90 Å². The molecular formula is C25H25FN4O. The predicted octanol–water partition coefficient (Wildman–Crippen LogP) is 4.23. The highest BCUT2D eigenvalue weighted by atomic mass is 19.1. The first-order chi connectivity index (χ1) is 15.3. The molecule has 0 amide bonds. The predicted molar refractivity (Wildman–Crippen MR) is 118 cm³/mol. The summed E-state index contributed by atoms with van der Waals surface area (Å²) in [6, 6.07) is 19.1. The maximum Gasteiger partial charge on any atom is 0.153 e. The molecule has 0 unspecified atom stereocenters. The van der Waals surface area contributed by atoms with E-state index >= 15 is 0 Å². The van der Waals surface area contributed by atoms with Gasteiger partial charge in [0.05, 0.1) is 18.9 Å². The first-order valence-electron chi connectivity index (χ1n) is 10.7. The molecule has 0 aliphatic carbocycles. The van der Waals surface area contributed by atoms with Crippen LogP contribution in [0.1, 0.15) is 11.3 Å². The summed E-state index contributed by atoms with van der Waals surface area (Å²) in [7, 11) is 0. The molecule has 0 radical (unpaired) electrons. The van der Waals surface area contributed by atoms with E-state index in [1.165, 1.54) is 6.07 Å². The highest BCUT2D eigenvalue weighted by molar-refractivity contribution is 5.67. The van der Waals surface area contributed by atoms with Crippen LogP contribution in [0.5, 0.6) is 0 Å². The molecule has 4 aromatic rings. The molecule has 5 rings (SSSR count). The second-order valence-corrected chi connectivity index (χ2v) is 8.07. The molecule has 1 fully saturated rings. The smallest absolute Gasteiger partial charge is 0.153 e. The van der Waals surface area contributed by atoms with E-state index in [1.807, 2.05) is 53.2 Å². The Hall–Kier alpha value is -3.09. The lowest BCUT2D eigenvalue weighted by atomic mass is 9.98. The highest BCUT2D eigenvalue weighted by Gasteiger charge is 2.21. The minimum Gasteiger partial charge on any atom is -0.380 e. The number of aromatic nitrogens is 3. The number of nitrogens with zero attached hydrogens (tertiary/aromatic N) is 4. The largest absolute Gasteiger partial charge is 0.380 e. The lowest BCUT2D eigenvalue weighted by molar-refractivity contribution is 0.121. The molecule has 0 bridgehead atoms. The summed E-state index contributed by atoms with van der Waals surface area (Å²) in [5.74, 6) is 0.157. The molecule has 0 spiro atoms. The molecule has 0 N–H and O–H groups in total. The van der Waals surface area contributed by atoms with E-state index in [1.54, 1.807) is 12.3 Å². The van der Waals surface area contributed by atoms with Crippen molar-refractivity contribution in [3.05, 3.63) is 90.1 Å². The third kappa shape index (κ3) is 4.50. The monoisotopic (exact) mass is 416 g/mol. The fourth-order valence-electron chi connectivity index (χ4n) is 4.32. The van der Waals surface area contributed by atoms with E-state index < -0.39 is 0 Å². The zero-order valence-corrected chi connectivity index (χ0v) is 17.3. The number of rotatable bonds is 5. The average Bonchev–Trinajstić information content (AvgIpc) is 3.14. The van der Waals surface area contributed by atoms with Gasteiger partial charge in [-0.1, -0.05) is 42.5 Å². The highest BCUT2D eigenvalue weighted by Crippen LogP contribution is 2.27. The standard InChI is InChI=1S/C25H25FN4O/c26-24-8-4-3-7-23(24)22-6-2-1-5-20(22)17-29-13-14-31-18-19(16-29)15-21-9-10-25-27-11-12-30(25)28-21/h1-12,19H,13-18H2/t19-/m0/s1. The van der Waals surface area contributed by atoms with Crippen LogP contribution in [-0.2, 0) is 17.7 Å². The first kappa shape index (κ1) is 19.8. The van der Waals surface area contributed by atoms with Gasteiger partial charge in [0.2, 0.25) is 0 Å². The zero-order valence-electron chi connectivity index (χ0n) is 17.3. The molecule has 31 heavy (non-hydrogen) atoms. The Balaban J connectivity index is 1.33. The molecule has 158 valence electrons. The Morgan fingerprint density at radius 3 is 2.74 bits per heavy atom. The minimum absolute atomic E-state index is 0.187. The van der Waals surface area contributed by atoms with Gasteiger partial charge in [0, 0.05) is 43.5 Å². The van der Waals surface area contributed by atoms with Gasteiger partial charge in [-0.15, -0.1) is 0 Å². The fraction of sp³-hybridized carbons (Fsp3) is 0.280. The van der Waals surface area contributed by atoms with Gasteiger partial charge in [-0.25, -0.2) is 13.9 Å². The molecule has 0 saturated carbocycles. The summed E-state index contributed by atoms with van der Waals surface area (Å²) in [5, 5.41) is 4.67. The molecule has 1 atom stereocenters. The molecule has 1 aliphatic rings. The van der Waals surface area contributed by atoms with E-state index in [0.717, 1.165) is 55.1 Å². The van der Waals surface area contributed by atoms with Crippen LogP contribution in [0.4, 0.5) is 4.39 Å². The number of fused-ring (bicyclic) bond motifs is 1. The molecule has 1 aliphatic heterocycles. The van der Waals surface area contributed by atoms with Crippen molar-refractivity contribution in [3.8, 4) is 11.1 Å². The van der Waals surface area contributed by atoms with E-state index in [2.05, 4.69) is 21.0 Å². The van der Waals surface area contributed by atoms with Crippen LogP contribution in [-0.4, -0.2) is 45.8 Å². The van der Waals surface area contributed by atoms with Gasteiger partial charge in [0.1, 0.15) is 5.82 Å². The average molecular weight is 417 g/mol. The number of hydrogen-bond donors (Lipinski definition) is 0. The van der Waals surface area contributed by atoms with Crippen LogP contribution >= 0.6 is 0 Å². The normalized spacial score (nSPS) is 17.6. The molecular weight excluding hydrogens is 391 g/mol. The van der Waals surface area contributed by atoms with Crippen molar-refractivity contribution in [1.29, 1.82) is 0 Å². The Bertz CT molecular complexity index is 1170. The quantitative estimate of drug-likeness (QED) is 0.488. The number of benzene rings is 2. The number of ether oxygens (including phenoxy) is 1. The lowest BCUT2D eigenvalue weighted by Gasteiger charge is -2.24. The van der Waals surface area contributed by atoms with Gasteiger partial charge < -0.3 is 4.74 Å². The van der Waals surface area contributed by atoms with Crippen molar-refractivity contribution in [3.63, 3.8) is 0 Å². The first-order valence-corrected chi connectivity index (χ1v) is 10.7. The van der Waals surface area contributed by atoms with Crippen LogP contribution in [0.15, 0.2) is 73.1 Å². The summed E-state index contributed by atoms with van der Waals surface area (Å²) in [6.45, 7) is 3.95. The van der Waals surface area contributed by atoms with Crippen LogP contribution in [0.25, 0.3) is 16.8 Å². The van der Waals surface area contributed by atoms with Crippen LogP contribution in [0, 0.1) is 11.7 Å². The fourth-order valence-corrected chi connectivity index (χ4v) is 4.32. The van der Waals surface area contributed by atoms with Crippen LogP contribution < -0.4 is 0 Å². The van der Waals surface area contributed by atoms with E-state index in [-0.39, 0.29) is 5.82 Å². The third-order valence-electron chi connectivity index (χ3n) is 5.81. The lowest BCUT2D eigenvalue weighted by Crippen LogP contribution is -2.31. The van der Waals surface area contributed by atoms with Crippen molar-refractivity contribution in [2.75, 3.05) is 26.3 Å².